The molecule has 0 saturated heterocycles. The fourth-order valence-electron chi connectivity index (χ4n) is 3.00. The Morgan fingerprint density at radius 3 is 2.83 bits per heavy atom. The van der Waals surface area contributed by atoms with Gasteiger partial charge in [0.1, 0.15) is 0 Å². The van der Waals surface area contributed by atoms with Crippen LogP contribution in [0.1, 0.15) is 25.8 Å². The number of guanidine groups is 1. The van der Waals surface area contributed by atoms with Gasteiger partial charge in [0.15, 0.2) is 5.96 Å². The molecule has 1 aliphatic heterocycles. The number of anilines is 1. The second-order valence-corrected chi connectivity index (χ2v) is 8.50. The number of sulfonamides is 1. The van der Waals surface area contributed by atoms with E-state index in [1.807, 2.05) is 31.2 Å². The summed E-state index contributed by atoms with van der Waals surface area (Å²) in [5.41, 5.74) is 1.92. The molecule has 2 unspecified atom stereocenters. The number of rotatable bonds is 6. The minimum atomic E-state index is -3.34. The fourth-order valence-corrected chi connectivity index (χ4v) is 4.39. The summed E-state index contributed by atoms with van der Waals surface area (Å²) in [5, 5.41) is 6.52. The molecule has 0 bridgehead atoms. The molecule has 0 aromatic heterocycles. The molecule has 7 heteroatoms. The maximum Gasteiger partial charge on any atom is 0.237 e. The zero-order chi connectivity index (χ0) is 17.2. The molecule has 0 radical (unpaired) electrons. The molecule has 0 spiro atoms. The van der Waals surface area contributed by atoms with Gasteiger partial charge in [-0.05, 0) is 37.3 Å². The van der Waals surface area contributed by atoms with Crippen molar-refractivity contribution < 1.29 is 8.42 Å². The van der Waals surface area contributed by atoms with Crippen LogP contribution in [0.4, 0.5) is 5.69 Å². The lowest BCUT2D eigenvalue weighted by atomic mass is 10.2. The van der Waals surface area contributed by atoms with Crippen molar-refractivity contribution in [1.29, 1.82) is 0 Å². The van der Waals surface area contributed by atoms with Gasteiger partial charge < -0.3 is 10.6 Å². The monoisotopic (exact) mass is 350 g/mol. The van der Waals surface area contributed by atoms with Gasteiger partial charge in [0.25, 0.3) is 0 Å². The summed E-state index contributed by atoms with van der Waals surface area (Å²) in [6.45, 7) is 5.75. The number of fused-ring (bicyclic) bond motifs is 1. The normalized spacial score (nSPS) is 23.1. The third-order valence-electron chi connectivity index (χ3n) is 4.58. The Labute approximate surface area is 144 Å². The summed E-state index contributed by atoms with van der Waals surface area (Å²) >= 11 is 0. The molecule has 6 nitrogen and oxygen atoms in total. The van der Waals surface area contributed by atoms with Crippen molar-refractivity contribution in [2.45, 2.75) is 32.7 Å². The number of para-hydroxylation sites is 1. The number of hydrogen-bond acceptors (Lipinski definition) is 3. The third-order valence-corrected chi connectivity index (χ3v) is 6.32. The van der Waals surface area contributed by atoms with Gasteiger partial charge in [0.05, 0.1) is 18.0 Å². The molecule has 2 atom stereocenters. The van der Waals surface area contributed by atoms with Crippen molar-refractivity contribution in [3.05, 3.63) is 29.8 Å². The average molecular weight is 350 g/mol. The van der Waals surface area contributed by atoms with E-state index in [1.54, 1.807) is 0 Å². The lowest BCUT2D eigenvalue weighted by Gasteiger charge is -2.19. The van der Waals surface area contributed by atoms with Gasteiger partial charge in [-0.15, -0.1) is 0 Å². The molecule has 0 amide bonds. The molecule has 1 aromatic rings. The zero-order valence-electron chi connectivity index (χ0n) is 14.3. The molecule has 1 saturated carbocycles. The quantitative estimate of drug-likeness (QED) is 0.600. The van der Waals surface area contributed by atoms with Gasteiger partial charge in [-0.25, -0.2) is 8.42 Å². The van der Waals surface area contributed by atoms with Crippen LogP contribution in [-0.4, -0.2) is 45.8 Å². The van der Waals surface area contributed by atoms with Crippen LogP contribution in [0.25, 0.3) is 0 Å². The highest BCUT2D eigenvalue weighted by atomic mass is 32.2. The number of aliphatic imine (C=N–C) groups is 1. The predicted molar refractivity (Wildman–Crippen MR) is 98.0 cm³/mol. The van der Waals surface area contributed by atoms with Gasteiger partial charge >= 0.3 is 0 Å². The Bertz CT molecular complexity index is 717. The first kappa shape index (κ1) is 17.1. The van der Waals surface area contributed by atoms with Crippen molar-refractivity contribution in [2.24, 2.45) is 10.9 Å². The zero-order valence-corrected chi connectivity index (χ0v) is 15.1. The van der Waals surface area contributed by atoms with Crippen LogP contribution in [0.3, 0.4) is 0 Å². The van der Waals surface area contributed by atoms with E-state index >= 15 is 0 Å². The van der Waals surface area contributed by atoms with Crippen molar-refractivity contribution >= 4 is 21.7 Å². The summed E-state index contributed by atoms with van der Waals surface area (Å²) in [7, 11) is -3.34. The van der Waals surface area contributed by atoms with Crippen molar-refractivity contribution in [3.63, 3.8) is 0 Å². The first-order valence-corrected chi connectivity index (χ1v) is 10.3. The predicted octanol–water partition coefficient (Wildman–Crippen LogP) is 1.34. The van der Waals surface area contributed by atoms with Crippen LogP contribution in [0, 0.1) is 5.92 Å². The standard InChI is InChI=1S/C17H26N4O2S/c1-3-18-17(20-15-12-13(15)2)19-9-11-24(22,23)21-10-8-14-6-4-5-7-16(14)21/h4-7,13,15H,3,8-12H2,1-2H3,(H2,18,19,20). The van der Waals surface area contributed by atoms with E-state index in [9.17, 15) is 8.42 Å². The van der Waals surface area contributed by atoms with E-state index in [4.69, 9.17) is 0 Å². The van der Waals surface area contributed by atoms with E-state index in [0.717, 1.165) is 30.6 Å². The third kappa shape index (κ3) is 3.83. The molecule has 1 aliphatic carbocycles. The summed E-state index contributed by atoms with van der Waals surface area (Å²) < 4.78 is 26.8. The van der Waals surface area contributed by atoms with Crippen LogP contribution in [0.15, 0.2) is 29.3 Å². The average Bonchev–Trinajstić information content (AvgIpc) is 3.07. The maximum atomic E-state index is 12.6. The second kappa shape index (κ2) is 7.01. The summed E-state index contributed by atoms with van der Waals surface area (Å²) in [6.07, 6.45) is 1.93. The molecular weight excluding hydrogens is 324 g/mol. The maximum absolute atomic E-state index is 12.6. The molecule has 2 N–H and O–H groups in total. The first-order valence-electron chi connectivity index (χ1n) is 8.64. The highest BCUT2D eigenvalue weighted by molar-refractivity contribution is 7.92. The topological polar surface area (TPSA) is 73.8 Å². The van der Waals surface area contributed by atoms with Crippen molar-refractivity contribution in [1.82, 2.24) is 10.6 Å². The highest BCUT2D eigenvalue weighted by Gasteiger charge is 2.33. The minimum Gasteiger partial charge on any atom is -0.357 e. The Balaban J connectivity index is 1.61. The van der Waals surface area contributed by atoms with Gasteiger partial charge in [-0.1, -0.05) is 25.1 Å². The number of benzene rings is 1. The van der Waals surface area contributed by atoms with Crippen LogP contribution in [0.5, 0.6) is 0 Å². The Morgan fingerprint density at radius 2 is 2.12 bits per heavy atom. The van der Waals surface area contributed by atoms with E-state index in [2.05, 4.69) is 22.5 Å². The molecule has 24 heavy (non-hydrogen) atoms. The minimum absolute atomic E-state index is 0.0259. The van der Waals surface area contributed by atoms with Crippen LogP contribution < -0.4 is 14.9 Å². The molecule has 1 fully saturated rings. The molecule has 2 aliphatic rings. The lowest BCUT2D eigenvalue weighted by Crippen LogP contribution is -2.39. The van der Waals surface area contributed by atoms with E-state index in [0.29, 0.717) is 24.5 Å². The molecule has 132 valence electrons. The van der Waals surface area contributed by atoms with Gasteiger partial charge in [-0.3, -0.25) is 9.30 Å². The van der Waals surface area contributed by atoms with E-state index in [1.165, 1.54) is 4.31 Å². The molecule has 1 aromatic carbocycles. The van der Waals surface area contributed by atoms with Gasteiger partial charge in [0.2, 0.25) is 10.0 Å². The molecule has 3 rings (SSSR count). The number of nitrogens with one attached hydrogen (secondary N) is 2. The smallest absolute Gasteiger partial charge is 0.237 e. The van der Waals surface area contributed by atoms with E-state index < -0.39 is 10.0 Å². The number of nitrogens with zero attached hydrogens (tertiary/aromatic N) is 2. The van der Waals surface area contributed by atoms with Crippen LogP contribution >= 0.6 is 0 Å². The van der Waals surface area contributed by atoms with Gasteiger partial charge in [-0.2, -0.15) is 0 Å². The van der Waals surface area contributed by atoms with E-state index in [-0.39, 0.29) is 12.3 Å². The first-order chi connectivity index (χ1) is 11.5. The van der Waals surface area contributed by atoms with Crippen LogP contribution in [-0.2, 0) is 16.4 Å². The summed E-state index contributed by atoms with van der Waals surface area (Å²) in [4.78, 5) is 4.43. The van der Waals surface area contributed by atoms with Gasteiger partial charge in [0, 0.05) is 19.1 Å². The molecular formula is C17H26N4O2S. The SMILES string of the molecule is CCNC(=NCCS(=O)(=O)N1CCc2ccccc21)NC1CC1C. The Kier molecular flexibility index (Phi) is 4.99. The largest absolute Gasteiger partial charge is 0.357 e. The lowest BCUT2D eigenvalue weighted by molar-refractivity contribution is 0.592. The second-order valence-electron chi connectivity index (χ2n) is 6.49. The molecule has 1 heterocycles. The van der Waals surface area contributed by atoms with Crippen LogP contribution in [0.2, 0.25) is 0 Å². The number of hydrogen-bond donors (Lipinski definition) is 2. The van der Waals surface area contributed by atoms with Crippen molar-refractivity contribution in [2.75, 3.05) is 29.7 Å². The highest BCUT2D eigenvalue weighted by Crippen LogP contribution is 2.30. The van der Waals surface area contributed by atoms with Crippen molar-refractivity contribution in [3.8, 4) is 0 Å². The summed E-state index contributed by atoms with van der Waals surface area (Å²) in [6, 6.07) is 8.17. The fraction of sp³-hybridized carbons (Fsp3) is 0.588. The summed E-state index contributed by atoms with van der Waals surface area (Å²) in [5.74, 6) is 1.40. The Morgan fingerprint density at radius 1 is 1.38 bits per heavy atom. The Hall–Kier alpha value is -1.76.